The fourth-order valence-corrected chi connectivity index (χ4v) is 5.70. The van der Waals surface area contributed by atoms with E-state index < -0.39 is 10.0 Å². The first kappa shape index (κ1) is 22.3. The molecule has 1 amide bonds. The highest BCUT2D eigenvalue weighted by Gasteiger charge is 2.34. The molecule has 2 aromatic carbocycles. The largest absolute Gasteiger partial charge is 0.496 e. The van der Waals surface area contributed by atoms with Gasteiger partial charge in [-0.15, -0.1) is 0 Å². The van der Waals surface area contributed by atoms with Gasteiger partial charge in [-0.1, -0.05) is 55.7 Å². The van der Waals surface area contributed by atoms with Crippen molar-refractivity contribution in [3.8, 4) is 5.75 Å². The SMILES string of the molecule is COc1ccccc1[C@H](C)NC(=O)CN(C1CCCCC1)S(=O)(=O)c1ccccc1. The minimum absolute atomic E-state index is 0.156. The monoisotopic (exact) mass is 430 g/mol. The van der Waals surface area contributed by atoms with E-state index in [9.17, 15) is 13.2 Å². The molecule has 2 aromatic rings. The Morgan fingerprint density at radius 3 is 2.37 bits per heavy atom. The Hall–Kier alpha value is -2.38. The number of rotatable bonds is 8. The van der Waals surface area contributed by atoms with Crippen LogP contribution in [0, 0.1) is 0 Å². The van der Waals surface area contributed by atoms with Crippen LogP contribution in [-0.4, -0.2) is 38.3 Å². The number of carbonyl (C=O) groups excluding carboxylic acids is 1. The van der Waals surface area contributed by atoms with Gasteiger partial charge in [0.05, 0.1) is 24.6 Å². The molecule has 0 aromatic heterocycles. The van der Waals surface area contributed by atoms with Gasteiger partial charge in [0.15, 0.2) is 0 Å². The van der Waals surface area contributed by atoms with Crippen molar-refractivity contribution in [3.63, 3.8) is 0 Å². The van der Waals surface area contributed by atoms with Gasteiger partial charge in [0, 0.05) is 11.6 Å². The van der Waals surface area contributed by atoms with E-state index in [2.05, 4.69) is 5.32 Å². The second-order valence-corrected chi connectivity index (χ2v) is 9.58. The number of hydrogen-bond donors (Lipinski definition) is 1. The number of carbonyl (C=O) groups is 1. The number of sulfonamides is 1. The minimum atomic E-state index is -3.76. The second-order valence-electron chi connectivity index (χ2n) is 7.69. The van der Waals surface area contributed by atoms with Gasteiger partial charge in [-0.3, -0.25) is 4.79 Å². The first-order chi connectivity index (χ1) is 14.4. The number of amides is 1. The van der Waals surface area contributed by atoms with E-state index in [-0.39, 0.29) is 29.4 Å². The van der Waals surface area contributed by atoms with Gasteiger partial charge in [0.2, 0.25) is 15.9 Å². The lowest BCUT2D eigenvalue weighted by Gasteiger charge is -2.33. The molecule has 162 valence electrons. The number of hydrogen-bond acceptors (Lipinski definition) is 4. The maximum atomic E-state index is 13.3. The van der Waals surface area contributed by atoms with Crippen LogP contribution < -0.4 is 10.1 Å². The van der Waals surface area contributed by atoms with Crippen molar-refractivity contribution in [2.24, 2.45) is 0 Å². The van der Waals surface area contributed by atoms with E-state index in [1.807, 2.05) is 31.2 Å². The highest BCUT2D eigenvalue weighted by Crippen LogP contribution is 2.28. The van der Waals surface area contributed by atoms with Crippen LogP contribution in [0.3, 0.4) is 0 Å². The van der Waals surface area contributed by atoms with Crippen molar-refractivity contribution in [1.29, 1.82) is 0 Å². The molecule has 0 radical (unpaired) electrons. The predicted octanol–water partition coefficient (Wildman–Crippen LogP) is 3.90. The highest BCUT2D eigenvalue weighted by molar-refractivity contribution is 7.89. The lowest BCUT2D eigenvalue weighted by Crippen LogP contribution is -2.47. The molecular weight excluding hydrogens is 400 g/mol. The van der Waals surface area contributed by atoms with Crippen molar-refractivity contribution in [3.05, 3.63) is 60.2 Å². The molecule has 0 bridgehead atoms. The van der Waals surface area contributed by atoms with Gasteiger partial charge >= 0.3 is 0 Å². The molecule has 30 heavy (non-hydrogen) atoms. The Labute approximate surface area is 179 Å². The second kappa shape index (κ2) is 10.1. The van der Waals surface area contributed by atoms with Crippen LogP contribution in [0.5, 0.6) is 5.75 Å². The molecule has 0 heterocycles. The number of ether oxygens (including phenoxy) is 1. The van der Waals surface area contributed by atoms with Crippen LogP contribution in [0.4, 0.5) is 0 Å². The summed E-state index contributed by atoms with van der Waals surface area (Å²) in [5, 5.41) is 2.94. The molecule has 0 aliphatic heterocycles. The van der Waals surface area contributed by atoms with E-state index in [0.717, 1.165) is 37.7 Å². The number of para-hydroxylation sites is 1. The van der Waals surface area contributed by atoms with E-state index >= 15 is 0 Å². The maximum Gasteiger partial charge on any atom is 0.243 e. The quantitative estimate of drug-likeness (QED) is 0.689. The van der Waals surface area contributed by atoms with Crippen LogP contribution in [0.25, 0.3) is 0 Å². The number of nitrogens with one attached hydrogen (secondary N) is 1. The smallest absolute Gasteiger partial charge is 0.243 e. The number of nitrogens with zero attached hydrogens (tertiary/aromatic N) is 1. The molecule has 7 heteroatoms. The van der Waals surface area contributed by atoms with E-state index in [0.29, 0.717) is 5.75 Å². The van der Waals surface area contributed by atoms with Gasteiger partial charge in [0.1, 0.15) is 5.75 Å². The maximum absolute atomic E-state index is 13.3. The molecule has 1 N–H and O–H groups in total. The molecule has 0 spiro atoms. The zero-order valence-electron chi connectivity index (χ0n) is 17.6. The van der Waals surface area contributed by atoms with Crippen molar-refractivity contribution in [2.75, 3.05) is 13.7 Å². The Balaban J connectivity index is 1.80. The van der Waals surface area contributed by atoms with Crippen molar-refractivity contribution >= 4 is 15.9 Å². The first-order valence-corrected chi connectivity index (χ1v) is 11.9. The molecule has 0 unspecified atom stereocenters. The zero-order valence-corrected chi connectivity index (χ0v) is 18.4. The standard InChI is InChI=1S/C23H30N2O4S/c1-18(21-15-9-10-16-22(21)29-2)24-23(26)17-25(19-11-5-3-6-12-19)30(27,28)20-13-7-4-8-14-20/h4,7-10,13-16,18-19H,3,5-6,11-12,17H2,1-2H3,(H,24,26)/t18-/m0/s1. The van der Waals surface area contributed by atoms with Crippen LogP contribution in [0.15, 0.2) is 59.5 Å². The number of methoxy groups -OCH3 is 1. The summed E-state index contributed by atoms with van der Waals surface area (Å²) < 4.78 is 33.5. The molecule has 1 fully saturated rings. The van der Waals surface area contributed by atoms with Gasteiger partial charge in [0.25, 0.3) is 0 Å². The predicted molar refractivity (Wildman–Crippen MR) is 117 cm³/mol. The van der Waals surface area contributed by atoms with Crippen LogP contribution >= 0.6 is 0 Å². The highest BCUT2D eigenvalue weighted by atomic mass is 32.2. The first-order valence-electron chi connectivity index (χ1n) is 10.4. The summed E-state index contributed by atoms with van der Waals surface area (Å²) in [5.74, 6) is 0.366. The molecule has 6 nitrogen and oxygen atoms in total. The Morgan fingerprint density at radius 2 is 1.70 bits per heavy atom. The summed E-state index contributed by atoms with van der Waals surface area (Å²) in [6.45, 7) is 1.67. The Bertz CT molecular complexity index is 941. The van der Waals surface area contributed by atoms with Crippen molar-refractivity contribution < 1.29 is 17.9 Å². The molecule has 0 saturated heterocycles. The Morgan fingerprint density at radius 1 is 1.07 bits per heavy atom. The molecule has 1 atom stereocenters. The van der Waals surface area contributed by atoms with E-state index in [1.165, 1.54) is 4.31 Å². The van der Waals surface area contributed by atoms with Crippen LogP contribution in [0.1, 0.15) is 50.6 Å². The van der Waals surface area contributed by atoms with Gasteiger partial charge in [-0.2, -0.15) is 4.31 Å². The van der Waals surface area contributed by atoms with Gasteiger partial charge in [-0.05, 0) is 38.0 Å². The Kier molecular flexibility index (Phi) is 7.50. The third kappa shape index (κ3) is 5.21. The molecule has 1 aliphatic rings. The molecule has 1 aliphatic carbocycles. The third-order valence-electron chi connectivity index (χ3n) is 5.61. The van der Waals surface area contributed by atoms with Crippen molar-refractivity contribution in [1.82, 2.24) is 9.62 Å². The summed E-state index contributed by atoms with van der Waals surface area (Å²) in [5.41, 5.74) is 0.850. The van der Waals surface area contributed by atoms with Gasteiger partial charge in [-0.25, -0.2) is 8.42 Å². The number of benzene rings is 2. The topological polar surface area (TPSA) is 75.7 Å². The zero-order chi connectivity index (χ0) is 21.6. The summed E-state index contributed by atoms with van der Waals surface area (Å²) in [6.07, 6.45) is 4.62. The summed E-state index contributed by atoms with van der Waals surface area (Å²) >= 11 is 0. The normalized spacial score (nSPS) is 16.2. The summed E-state index contributed by atoms with van der Waals surface area (Å²) in [6, 6.07) is 15.4. The van der Waals surface area contributed by atoms with Crippen LogP contribution in [-0.2, 0) is 14.8 Å². The van der Waals surface area contributed by atoms with Crippen LogP contribution in [0.2, 0.25) is 0 Å². The molecule has 1 saturated carbocycles. The average Bonchev–Trinajstić information content (AvgIpc) is 2.78. The minimum Gasteiger partial charge on any atom is -0.496 e. The molecular formula is C23H30N2O4S. The van der Waals surface area contributed by atoms with Gasteiger partial charge < -0.3 is 10.1 Å². The third-order valence-corrected chi connectivity index (χ3v) is 7.53. The summed E-state index contributed by atoms with van der Waals surface area (Å²) in [7, 11) is -2.17. The fourth-order valence-electron chi connectivity index (χ4n) is 4.04. The fraction of sp³-hybridized carbons (Fsp3) is 0.435. The average molecular weight is 431 g/mol. The lowest BCUT2D eigenvalue weighted by atomic mass is 9.95. The van der Waals surface area contributed by atoms with E-state index in [4.69, 9.17) is 4.74 Å². The van der Waals surface area contributed by atoms with E-state index in [1.54, 1.807) is 37.4 Å². The van der Waals surface area contributed by atoms with Crippen molar-refractivity contribution in [2.45, 2.75) is 56.0 Å². The molecule has 3 rings (SSSR count). The lowest BCUT2D eigenvalue weighted by molar-refractivity contribution is -0.122. The summed E-state index contributed by atoms with van der Waals surface area (Å²) in [4.78, 5) is 13.1.